The Bertz CT molecular complexity index is 1160. The highest BCUT2D eigenvalue weighted by Gasteiger charge is 2.03. The van der Waals surface area contributed by atoms with Crippen molar-refractivity contribution < 1.29 is 9.53 Å². The molecule has 0 aliphatic heterocycles. The van der Waals surface area contributed by atoms with Crippen molar-refractivity contribution in [3.63, 3.8) is 0 Å². The smallest absolute Gasteiger partial charge is 0.185 e. The maximum Gasteiger partial charge on any atom is 0.185 e. The SMILES string of the molecule is O=C(/C=C/c1ccc(OCc2ccc(Cl)cc2)cc1)c1ccc(-c2ccccc2)cc1. The zero-order chi connectivity index (χ0) is 21.5. The summed E-state index contributed by atoms with van der Waals surface area (Å²) in [6.07, 6.45) is 3.41. The molecule has 2 nitrogen and oxygen atoms in total. The van der Waals surface area contributed by atoms with Gasteiger partial charge in [-0.3, -0.25) is 4.79 Å². The molecule has 0 aliphatic carbocycles. The summed E-state index contributed by atoms with van der Waals surface area (Å²) in [5.41, 5.74) is 4.88. The monoisotopic (exact) mass is 424 g/mol. The molecule has 0 atom stereocenters. The topological polar surface area (TPSA) is 26.3 Å². The average molecular weight is 425 g/mol. The van der Waals surface area contributed by atoms with Crippen molar-refractivity contribution in [1.29, 1.82) is 0 Å². The number of hydrogen-bond donors (Lipinski definition) is 0. The lowest BCUT2D eigenvalue weighted by atomic mass is 10.0. The van der Waals surface area contributed by atoms with Gasteiger partial charge in [0, 0.05) is 10.6 Å². The summed E-state index contributed by atoms with van der Waals surface area (Å²) in [5, 5.41) is 0.710. The first-order chi connectivity index (χ1) is 15.2. The van der Waals surface area contributed by atoms with E-state index in [0.29, 0.717) is 17.2 Å². The number of rotatable bonds is 7. The molecular weight excluding hydrogens is 404 g/mol. The number of carbonyl (C=O) groups is 1. The fourth-order valence-corrected chi connectivity index (χ4v) is 3.27. The zero-order valence-corrected chi connectivity index (χ0v) is 17.6. The van der Waals surface area contributed by atoms with E-state index in [0.717, 1.165) is 28.0 Å². The van der Waals surface area contributed by atoms with Crippen LogP contribution in [0.2, 0.25) is 5.02 Å². The lowest BCUT2D eigenvalue weighted by molar-refractivity contribution is 0.104. The van der Waals surface area contributed by atoms with Gasteiger partial charge in [0.2, 0.25) is 0 Å². The second-order valence-corrected chi connectivity index (χ2v) is 7.56. The van der Waals surface area contributed by atoms with Crippen LogP contribution in [0.15, 0.2) is 109 Å². The minimum absolute atomic E-state index is 0.0253. The van der Waals surface area contributed by atoms with Gasteiger partial charge in [-0.15, -0.1) is 0 Å². The molecule has 0 unspecified atom stereocenters. The van der Waals surface area contributed by atoms with E-state index in [1.54, 1.807) is 6.08 Å². The molecule has 0 spiro atoms. The third-order valence-electron chi connectivity index (χ3n) is 4.90. The molecule has 0 bridgehead atoms. The first kappa shape index (κ1) is 20.6. The molecule has 31 heavy (non-hydrogen) atoms. The Labute approximate surface area is 187 Å². The molecule has 3 heteroatoms. The van der Waals surface area contributed by atoms with Crippen LogP contribution < -0.4 is 4.74 Å². The van der Waals surface area contributed by atoms with E-state index in [-0.39, 0.29) is 5.78 Å². The summed E-state index contributed by atoms with van der Waals surface area (Å²) in [6.45, 7) is 0.476. The Morgan fingerprint density at radius 1 is 0.742 bits per heavy atom. The molecule has 0 N–H and O–H groups in total. The van der Waals surface area contributed by atoms with E-state index in [4.69, 9.17) is 16.3 Å². The molecule has 0 radical (unpaired) electrons. The van der Waals surface area contributed by atoms with Crippen LogP contribution in [0.4, 0.5) is 0 Å². The number of carbonyl (C=O) groups excluding carboxylic acids is 1. The number of allylic oxidation sites excluding steroid dienone is 1. The van der Waals surface area contributed by atoms with E-state index < -0.39 is 0 Å². The first-order valence-electron chi connectivity index (χ1n) is 10.0. The number of ketones is 1. The van der Waals surface area contributed by atoms with E-state index >= 15 is 0 Å². The van der Waals surface area contributed by atoms with E-state index in [2.05, 4.69) is 12.1 Å². The van der Waals surface area contributed by atoms with Crippen molar-refractivity contribution in [3.05, 3.63) is 131 Å². The van der Waals surface area contributed by atoms with Crippen LogP contribution in [0.5, 0.6) is 5.75 Å². The molecule has 0 fully saturated rings. The van der Waals surface area contributed by atoms with Gasteiger partial charge in [-0.1, -0.05) is 96.5 Å². The highest BCUT2D eigenvalue weighted by atomic mass is 35.5. The quantitative estimate of drug-likeness (QED) is 0.227. The van der Waals surface area contributed by atoms with Crippen molar-refractivity contribution >= 4 is 23.5 Å². The van der Waals surface area contributed by atoms with Crippen molar-refractivity contribution in [2.45, 2.75) is 6.61 Å². The second-order valence-electron chi connectivity index (χ2n) is 7.13. The van der Waals surface area contributed by atoms with Gasteiger partial charge < -0.3 is 4.74 Å². The molecule has 0 saturated carbocycles. The van der Waals surface area contributed by atoms with Gasteiger partial charge in [0.05, 0.1) is 0 Å². The maximum absolute atomic E-state index is 12.5. The highest BCUT2D eigenvalue weighted by Crippen LogP contribution is 2.20. The van der Waals surface area contributed by atoms with E-state index in [1.807, 2.05) is 97.1 Å². The number of ether oxygens (including phenoxy) is 1. The molecule has 4 rings (SSSR count). The Morgan fingerprint density at radius 2 is 1.39 bits per heavy atom. The number of hydrogen-bond acceptors (Lipinski definition) is 2. The van der Waals surface area contributed by atoms with Gasteiger partial charge >= 0.3 is 0 Å². The van der Waals surface area contributed by atoms with Crippen LogP contribution in [0, 0.1) is 0 Å². The Kier molecular flexibility index (Phi) is 6.61. The summed E-state index contributed by atoms with van der Waals surface area (Å²) < 4.78 is 5.80. The summed E-state index contributed by atoms with van der Waals surface area (Å²) in [7, 11) is 0. The molecule has 0 aromatic heterocycles. The van der Waals surface area contributed by atoms with Crippen LogP contribution >= 0.6 is 11.6 Å². The maximum atomic E-state index is 12.5. The summed E-state index contributed by atoms with van der Waals surface area (Å²) in [6, 6.07) is 33.0. The molecule has 152 valence electrons. The molecule has 0 amide bonds. The zero-order valence-electron chi connectivity index (χ0n) is 16.9. The summed E-state index contributed by atoms with van der Waals surface area (Å²) in [4.78, 5) is 12.5. The second kappa shape index (κ2) is 9.92. The van der Waals surface area contributed by atoms with Crippen molar-refractivity contribution in [2.24, 2.45) is 0 Å². The Hall–Kier alpha value is -3.62. The van der Waals surface area contributed by atoms with Crippen LogP contribution in [0.3, 0.4) is 0 Å². The molecule has 0 aliphatic rings. The Morgan fingerprint density at radius 3 is 2.06 bits per heavy atom. The van der Waals surface area contributed by atoms with Gasteiger partial charge in [0.15, 0.2) is 5.78 Å². The van der Waals surface area contributed by atoms with Crippen LogP contribution in [-0.2, 0) is 6.61 Å². The van der Waals surface area contributed by atoms with Crippen molar-refractivity contribution in [2.75, 3.05) is 0 Å². The predicted octanol–water partition coefficient (Wildman–Crippen LogP) is 7.48. The van der Waals surface area contributed by atoms with Crippen molar-refractivity contribution in [3.8, 4) is 16.9 Å². The lowest BCUT2D eigenvalue weighted by Gasteiger charge is -2.06. The van der Waals surface area contributed by atoms with E-state index in [1.165, 1.54) is 0 Å². The fourth-order valence-electron chi connectivity index (χ4n) is 3.15. The third-order valence-corrected chi connectivity index (χ3v) is 5.15. The minimum atomic E-state index is -0.0253. The number of halogens is 1. The molecular formula is C28H21ClO2. The van der Waals surface area contributed by atoms with Crippen LogP contribution in [-0.4, -0.2) is 5.78 Å². The largest absolute Gasteiger partial charge is 0.489 e. The Balaban J connectivity index is 1.34. The van der Waals surface area contributed by atoms with Crippen LogP contribution in [0.25, 0.3) is 17.2 Å². The fraction of sp³-hybridized carbons (Fsp3) is 0.0357. The summed E-state index contributed by atoms with van der Waals surface area (Å²) >= 11 is 5.90. The van der Waals surface area contributed by atoms with Gasteiger partial charge in [-0.05, 0) is 52.6 Å². The van der Waals surface area contributed by atoms with Gasteiger partial charge in [-0.2, -0.15) is 0 Å². The lowest BCUT2D eigenvalue weighted by Crippen LogP contribution is -1.95. The van der Waals surface area contributed by atoms with Gasteiger partial charge in [-0.25, -0.2) is 0 Å². The molecule has 4 aromatic carbocycles. The average Bonchev–Trinajstić information content (AvgIpc) is 2.83. The summed E-state index contributed by atoms with van der Waals surface area (Å²) in [5.74, 6) is 0.748. The van der Waals surface area contributed by atoms with Gasteiger partial charge in [0.25, 0.3) is 0 Å². The first-order valence-corrected chi connectivity index (χ1v) is 10.4. The van der Waals surface area contributed by atoms with Crippen LogP contribution in [0.1, 0.15) is 21.5 Å². The number of benzene rings is 4. The molecule has 0 heterocycles. The highest BCUT2D eigenvalue weighted by molar-refractivity contribution is 6.30. The predicted molar refractivity (Wildman–Crippen MR) is 127 cm³/mol. The third kappa shape index (κ3) is 5.71. The van der Waals surface area contributed by atoms with Gasteiger partial charge in [0.1, 0.15) is 12.4 Å². The normalized spacial score (nSPS) is 10.9. The standard InChI is InChI=1S/C28H21ClO2/c29-26-15-6-22(7-16-26)20-31-27-17-8-21(9-18-27)10-19-28(30)25-13-11-24(12-14-25)23-4-2-1-3-5-23/h1-19H,20H2/b19-10+. The molecule has 4 aromatic rings. The van der Waals surface area contributed by atoms with E-state index in [9.17, 15) is 4.79 Å². The molecule has 0 saturated heterocycles. The van der Waals surface area contributed by atoms with Crippen molar-refractivity contribution in [1.82, 2.24) is 0 Å². The minimum Gasteiger partial charge on any atom is -0.489 e.